The highest BCUT2D eigenvalue weighted by atomic mass is 16.5. The highest BCUT2D eigenvalue weighted by Crippen LogP contribution is 2.31. The van der Waals surface area contributed by atoms with Gasteiger partial charge in [0.1, 0.15) is 11.9 Å². The molecule has 0 radical (unpaired) electrons. The van der Waals surface area contributed by atoms with Crippen LogP contribution in [-0.2, 0) is 12.8 Å². The van der Waals surface area contributed by atoms with E-state index in [1.807, 2.05) is 4.90 Å². The number of nitrogens with zero attached hydrogens (tertiary/aromatic N) is 3. The summed E-state index contributed by atoms with van der Waals surface area (Å²) >= 11 is 0. The molecule has 2 aliphatic heterocycles. The van der Waals surface area contributed by atoms with Crippen molar-refractivity contribution in [1.29, 1.82) is 5.26 Å². The number of ether oxygens (including phenoxy) is 1. The number of rotatable bonds is 5. The van der Waals surface area contributed by atoms with E-state index in [9.17, 15) is 4.79 Å². The molecular formula is C27H31N3O2. The first-order valence-electron chi connectivity index (χ1n) is 12.0. The second-order valence-corrected chi connectivity index (χ2v) is 9.47. The maximum Gasteiger partial charge on any atom is 0.253 e. The largest absolute Gasteiger partial charge is 0.490 e. The highest BCUT2D eigenvalue weighted by molar-refractivity contribution is 5.94. The van der Waals surface area contributed by atoms with Crippen LogP contribution in [0.1, 0.15) is 52.7 Å². The van der Waals surface area contributed by atoms with Gasteiger partial charge in [-0.05, 0) is 79.1 Å². The van der Waals surface area contributed by atoms with E-state index in [0.717, 1.165) is 43.9 Å². The third kappa shape index (κ3) is 4.97. The summed E-state index contributed by atoms with van der Waals surface area (Å²) in [5, 5.41) is 8.93. The van der Waals surface area contributed by atoms with Gasteiger partial charge >= 0.3 is 0 Å². The van der Waals surface area contributed by atoms with Crippen molar-refractivity contribution in [1.82, 2.24) is 9.80 Å². The minimum Gasteiger partial charge on any atom is -0.490 e. The summed E-state index contributed by atoms with van der Waals surface area (Å²) in [4.78, 5) is 17.3. The summed E-state index contributed by atoms with van der Waals surface area (Å²) in [5.74, 6) is 1.95. The van der Waals surface area contributed by atoms with Gasteiger partial charge in [-0.1, -0.05) is 6.07 Å². The van der Waals surface area contributed by atoms with Crippen molar-refractivity contribution in [2.75, 3.05) is 32.7 Å². The highest BCUT2D eigenvalue weighted by Gasteiger charge is 2.27. The van der Waals surface area contributed by atoms with Gasteiger partial charge in [0.2, 0.25) is 0 Å². The summed E-state index contributed by atoms with van der Waals surface area (Å²) < 4.78 is 6.34. The van der Waals surface area contributed by atoms with Gasteiger partial charge in [0.15, 0.2) is 0 Å². The van der Waals surface area contributed by atoms with Gasteiger partial charge in [0, 0.05) is 51.1 Å². The Morgan fingerprint density at radius 1 is 0.938 bits per heavy atom. The third-order valence-electron chi connectivity index (χ3n) is 7.08. The molecule has 1 saturated carbocycles. The number of nitriles is 1. The molecule has 5 heteroatoms. The molecule has 2 aromatic rings. The van der Waals surface area contributed by atoms with Crippen molar-refractivity contribution in [2.45, 2.75) is 44.6 Å². The summed E-state index contributed by atoms with van der Waals surface area (Å²) in [6.45, 7) is 5.00. The fourth-order valence-corrected chi connectivity index (χ4v) is 4.91. The lowest BCUT2D eigenvalue weighted by Gasteiger charge is -2.32. The molecule has 1 aliphatic carbocycles. The average Bonchev–Trinajstić information content (AvgIpc) is 3.67. The van der Waals surface area contributed by atoms with Gasteiger partial charge in [-0.2, -0.15) is 5.26 Å². The zero-order valence-corrected chi connectivity index (χ0v) is 18.6. The van der Waals surface area contributed by atoms with Crippen molar-refractivity contribution < 1.29 is 9.53 Å². The van der Waals surface area contributed by atoms with Crippen molar-refractivity contribution in [2.24, 2.45) is 5.92 Å². The Morgan fingerprint density at radius 3 is 2.34 bits per heavy atom. The van der Waals surface area contributed by atoms with Crippen molar-refractivity contribution >= 4 is 5.91 Å². The van der Waals surface area contributed by atoms with Gasteiger partial charge in [0.05, 0.1) is 11.6 Å². The second kappa shape index (κ2) is 9.34. The van der Waals surface area contributed by atoms with Crippen LogP contribution in [0.25, 0.3) is 0 Å². The van der Waals surface area contributed by atoms with E-state index < -0.39 is 0 Å². The van der Waals surface area contributed by atoms with Crippen LogP contribution in [0.2, 0.25) is 0 Å². The Morgan fingerprint density at radius 2 is 1.66 bits per heavy atom. The van der Waals surface area contributed by atoms with Crippen molar-refractivity contribution in [3.63, 3.8) is 0 Å². The topological polar surface area (TPSA) is 56.6 Å². The standard InChI is InChI=1S/C27H31N3O2/c28-18-20-3-5-23(6-4-20)27(31)30-15-11-25(12-16-30)32-26-8-7-22-9-13-29(19-21-1-2-21)14-10-24(22)17-26/h3-8,17,21,25H,1-2,9-16,19H2. The van der Waals surface area contributed by atoms with Crippen LogP contribution in [0.5, 0.6) is 5.75 Å². The Bertz CT molecular complexity index is 999. The minimum atomic E-state index is 0.0359. The molecule has 2 fully saturated rings. The maximum atomic E-state index is 12.8. The number of benzene rings is 2. The molecule has 0 unspecified atom stereocenters. The first-order chi connectivity index (χ1) is 15.7. The maximum absolute atomic E-state index is 12.8. The second-order valence-electron chi connectivity index (χ2n) is 9.47. The molecule has 1 saturated heterocycles. The molecule has 0 bridgehead atoms. The Labute approximate surface area is 190 Å². The zero-order chi connectivity index (χ0) is 21.9. The first-order valence-corrected chi connectivity index (χ1v) is 12.0. The van der Waals surface area contributed by atoms with Gasteiger partial charge in [0.25, 0.3) is 5.91 Å². The van der Waals surface area contributed by atoms with Gasteiger partial charge in [-0.3, -0.25) is 4.79 Å². The molecule has 5 rings (SSSR count). The molecule has 2 aromatic carbocycles. The number of hydrogen-bond donors (Lipinski definition) is 0. The van der Waals surface area contributed by atoms with E-state index in [1.54, 1.807) is 24.3 Å². The summed E-state index contributed by atoms with van der Waals surface area (Å²) in [6.07, 6.45) is 6.91. The number of hydrogen-bond acceptors (Lipinski definition) is 4. The molecular weight excluding hydrogens is 398 g/mol. The Kier molecular flexibility index (Phi) is 6.14. The molecule has 5 nitrogen and oxygen atoms in total. The summed E-state index contributed by atoms with van der Waals surface area (Å²) in [7, 11) is 0. The van der Waals surface area contributed by atoms with E-state index in [-0.39, 0.29) is 12.0 Å². The smallest absolute Gasteiger partial charge is 0.253 e. The molecule has 1 amide bonds. The zero-order valence-electron chi connectivity index (χ0n) is 18.6. The lowest BCUT2D eigenvalue weighted by atomic mass is 10.0. The molecule has 0 aromatic heterocycles. The Balaban J connectivity index is 1.14. The van der Waals surface area contributed by atoms with E-state index in [2.05, 4.69) is 29.2 Å². The molecule has 32 heavy (non-hydrogen) atoms. The summed E-state index contributed by atoms with van der Waals surface area (Å²) in [6, 6.07) is 15.6. The molecule has 0 N–H and O–H groups in total. The van der Waals surface area contributed by atoms with Crippen molar-refractivity contribution in [3.8, 4) is 11.8 Å². The van der Waals surface area contributed by atoms with E-state index in [0.29, 0.717) is 24.2 Å². The molecule has 0 atom stereocenters. The van der Waals surface area contributed by atoms with Crippen LogP contribution in [0.15, 0.2) is 42.5 Å². The SMILES string of the molecule is N#Cc1ccc(C(=O)N2CCC(Oc3ccc4c(c3)CCN(CC3CC3)CC4)CC2)cc1. The van der Waals surface area contributed by atoms with Crippen molar-refractivity contribution in [3.05, 3.63) is 64.7 Å². The minimum absolute atomic E-state index is 0.0359. The lowest BCUT2D eigenvalue weighted by molar-refractivity contribution is 0.0595. The number of piperidine rings is 1. The average molecular weight is 430 g/mol. The Hall–Kier alpha value is -2.84. The number of carbonyl (C=O) groups is 1. The van der Waals surface area contributed by atoms with E-state index in [1.165, 1.54) is 37.1 Å². The van der Waals surface area contributed by atoms with Crippen LogP contribution < -0.4 is 4.74 Å². The van der Waals surface area contributed by atoms with Gasteiger partial charge < -0.3 is 14.5 Å². The van der Waals surface area contributed by atoms with Crippen LogP contribution in [-0.4, -0.2) is 54.5 Å². The van der Waals surface area contributed by atoms with Crippen LogP contribution in [0.3, 0.4) is 0 Å². The third-order valence-corrected chi connectivity index (χ3v) is 7.08. The van der Waals surface area contributed by atoms with Crippen LogP contribution in [0.4, 0.5) is 0 Å². The molecule has 166 valence electrons. The van der Waals surface area contributed by atoms with E-state index in [4.69, 9.17) is 10.00 Å². The number of amides is 1. The normalized spacial score (nSPS) is 19.7. The van der Waals surface area contributed by atoms with Crippen LogP contribution in [0, 0.1) is 17.2 Å². The molecule has 2 heterocycles. The monoisotopic (exact) mass is 429 g/mol. The van der Waals surface area contributed by atoms with E-state index >= 15 is 0 Å². The molecule has 3 aliphatic rings. The lowest BCUT2D eigenvalue weighted by Crippen LogP contribution is -2.41. The quantitative estimate of drug-likeness (QED) is 0.720. The fourth-order valence-electron chi connectivity index (χ4n) is 4.91. The molecule has 0 spiro atoms. The van der Waals surface area contributed by atoms with Gasteiger partial charge in [-0.15, -0.1) is 0 Å². The summed E-state index contributed by atoms with van der Waals surface area (Å²) in [5.41, 5.74) is 4.13. The first kappa shape index (κ1) is 21.0. The van der Waals surface area contributed by atoms with Gasteiger partial charge in [-0.25, -0.2) is 0 Å². The number of fused-ring (bicyclic) bond motifs is 1. The fraction of sp³-hybridized carbons (Fsp3) is 0.481. The number of carbonyl (C=O) groups excluding carboxylic acids is 1. The predicted molar refractivity (Wildman–Crippen MR) is 124 cm³/mol. The van der Waals surface area contributed by atoms with Crippen LogP contribution >= 0.6 is 0 Å². The number of likely N-dealkylation sites (tertiary alicyclic amines) is 1. The predicted octanol–water partition coefficient (Wildman–Crippen LogP) is 4.05.